The third kappa shape index (κ3) is 10.3. The van der Waals surface area contributed by atoms with Crippen molar-refractivity contribution in [1.82, 2.24) is 16.0 Å². The fraction of sp³-hybridized carbons (Fsp3) is 0.565. The fourth-order valence-corrected chi connectivity index (χ4v) is 2.88. The smallest absolute Gasteiger partial charge is 0.408 e. The van der Waals surface area contributed by atoms with E-state index in [0.29, 0.717) is 0 Å². The Labute approximate surface area is 189 Å². The number of amides is 3. The molecule has 0 bridgehead atoms. The molecule has 9 nitrogen and oxygen atoms in total. The lowest BCUT2D eigenvalue weighted by Gasteiger charge is -2.25. The van der Waals surface area contributed by atoms with Gasteiger partial charge in [0.25, 0.3) is 0 Å². The highest BCUT2D eigenvalue weighted by Gasteiger charge is 2.29. The van der Waals surface area contributed by atoms with Gasteiger partial charge in [-0.1, -0.05) is 44.2 Å². The van der Waals surface area contributed by atoms with Gasteiger partial charge >= 0.3 is 12.1 Å². The Morgan fingerprint density at radius 3 is 2.00 bits per heavy atom. The average Bonchev–Trinajstić information content (AvgIpc) is 2.65. The first-order valence-electron chi connectivity index (χ1n) is 10.7. The van der Waals surface area contributed by atoms with Crippen molar-refractivity contribution in [3.63, 3.8) is 0 Å². The number of rotatable bonds is 10. The first-order chi connectivity index (χ1) is 14.8. The Kier molecular flexibility index (Phi) is 10.2. The normalized spacial score (nSPS) is 14.1. The predicted molar refractivity (Wildman–Crippen MR) is 120 cm³/mol. The van der Waals surface area contributed by atoms with Crippen LogP contribution < -0.4 is 16.0 Å². The second-order valence-corrected chi connectivity index (χ2v) is 9.15. The van der Waals surface area contributed by atoms with E-state index in [0.717, 1.165) is 5.56 Å². The summed E-state index contributed by atoms with van der Waals surface area (Å²) in [5, 5.41) is 16.9. The summed E-state index contributed by atoms with van der Waals surface area (Å²) in [5.74, 6) is -2.28. The van der Waals surface area contributed by atoms with Gasteiger partial charge in [0.15, 0.2) is 0 Å². The lowest BCUT2D eigenvalue weighted by molar-refractivity contribution is -0.142. The number of carboxylic acid groups (broad SMARTS) is 1. The number of alkyl carbamates (subject to hydrolysis) is 1. The Bertz CT molecular complexity index is 789. The lowest BCUT2D eigenvalue weighted by atomic mass is 10.0. The molecule has 1 aromatic rings. The average molecular weight is 450 g/mol. The molecule has 0 radical (unpaired) electrons. The van der Waals surface area contributed by atoms with Crippen LogP contribution in [0.2, 0.25) is 0 Å². The van der Waals surface area contributed by atoms with Gasteiger partial charge in [-0.05, 0) is 45.6 Å². The zero-order valence-electron chi connectivity index (χ0n) is 19.6. The van der Waals surface area contributed by atoms with Crippen LogP contribution in [0.5, 0.6) is 0 Å². The monoisotopic (exact) mass is 449 g/mol. The van der Waals surface area contributed by atoms with Crippen LogP contribution >= 0.6 is 0 Å². The fourth-order valence-electron chi connectivity index (χ4n) is 2.88. The van der Waals surface area contributed by atoms with Crippen molar-refractivity contribution in [3.05, 3.63) is 35.9 Å². The standard InChI is InChI=1S/C23H35N3O6/c1-14(2)12-18(21(29)30)25-19(27)15(3)24-20(28)17(13-16-10-8-7-9-11-16)26-22(31)32-23(4,5)6/h7-11,14-15,17-18H,12-13H2,1-6H3,(H,24,28)(H,25,27)(H,26,31)(H,29,30)/t15-,17-,18-/m0/s1. The van der Waals surface area contributed by atoms with Crippen molar-refractivity contribution in [2.45, 2.75) is 78.1 Å². The van der Waals surface area contributed by atoms with Crippen LogP contribution in [0.1, 0.15) is 53.5 Å². The molecule has 0 aliphatic rings. The van der Waals surface area contributed by atoms with Crippen LogP contribution in [-0.4, -0.2) is 52.7 Å². The van der Waals surface area contributed by atoms with E-state index in [-0.39, 0.29) is 18.8 Å². The third-order valence-corrected chi connectivity index (χ3v) is 4.36. The zero-order valence-corrected chi connectivity index (χ0v) is 19.6. The molecule has 0 aliphatic carbocycles. The maximum Gasteiger partial charge on any atom is 0.408 e. The van der Waals surface area contributed by atoms with Gasteiger partial charge in [0.2, 0.25) is 11.8 Å². The summed E-state index contributed by atoms with van der Waals surface area (Å²) in [5.41, 5.74) is 0.0662. The van der Waals surface area contributed by atoms with E-state index in [1.165, 1.54) is 6.92 Å². The molecular formula is C23H35N3O6. The second kappa shape index (κ2) is 12.1. The number of aliphatic carboxylic acids is 1. The van der Waals surface area contributed by atoms with Crippen molar-refractivity contribution in [1.29, 1.82) is 0 Å². The van der Waals surface area contributed by atoms with Crippen LogP contribution in [0.3, 0.4) is 0 Å². The van der Waals surface area contributed by atoms with Crippen LogP contribution in [0.15, 0.2) is 30.3 Å². The number of carbonyl (C=O) groups excluding carboxylic acids is 3. The molecule has 3 amide bonds. The maximum absolute atomic E-state index is 12.9. The summed E-state index contributed by atoms with van der Waals surface area (Å²) in [4.78, 5) is 49.0. The molecule has 0 saturated heterocycles. The van der Waals surface area contributed by atoms with Crippen molar-refractivity contribution >= 4 is 23.9 Å². The van der Waals surface area contributed by atoms with Gasteiger partial charge < -0.3 is 25.8 Å². The van der Waals surface area contributed by atoms with Crippen molar-refractivity contribution in [2.24, 2.45) is 5.92 Å². The van der Waals surface area contributed by atoms with E-state index in [9.17, 15) is 24.3 Å². The van der Waals surface area contributed by atoms with Crippen LogP contribution in [0, 0.1) is 5.92 Å². The van der Waals surface area contributed by atoms with Gasteiger partial charge in [0.1, 0.15) is 23.7 Å². The Morgan fingerprint density at radius 2 is 1.50 bits per heavy atom. The first-order valence-corrected chi connectivity index (χ1v) is 10.7. The lowest BCUT2D eigenvalue weighted by Crippen LogP contribution is -2.55. The molecule has 9 heteroatoms. The molecule has 0 aliphatic heterocycles. The van der Waals surface area contributed by atoms with Crippen molar-refractivity contribution < 1.29 is 29.0 Å². The van der Waals surface area contributed by atoms with Gasteiger partial charge in [-0.25, -0.2) is 9.59 Å². The van der Waals surface area contributed by atoms with E-state index in [1.54, 1.807) is 20.8 Å². The molecule has 178 valence electrons. The topological polar surface area (TPSA) is 134 Å². The molecule has 0 fully saturated rings. The summed E-state index contributed by atoms with van der Waals surface area (Å²) in [6.07, 6.45) is -0.308. The second-order valence-electron chi connectivity index (χ2n) is 9.15. The highest BCUT2D eigenvalue weighted by molar-refractivity contribution is 5.92. The molecule has 32 heavy (non-hydrogen) atoms. The molecule has 1 aromatic carbocycles. The van der Waals surface area contributed by atoms with Crippen molar-refractivity contribution in [3.8, 4) is 0 Å². The predicted octanol–water partition coefficient (Wildman–Crippen LogP) is 2.24. The zero-order chi connectivity index (χ0) is 24.5. The van der Waals surface area contributed by atoms with Gasteiger partial charge in [-0.2, -0.15) is 0 Å². The summed E-state index contributed by atoms with van der Waals surface area (Å²) in [7, 11) is 0. The summed E-state index contributed by atoms with van der Waals surface area (Å²) in [6, 6.07) is 6.05. The number of ether oxygens (including phenoxy) is 1. The van der Waals surface area contributed by atoms with Gasteiger partial charge in [-0.15, -0.1) is 0 Å². The highest BCUT2D eigenvalue weighted by Crippen LogP contribution is 2.09. The number of carboxylic acids is 1. The molecular weight excluding hydrogens is 414 g/mol. The van der Waals surface area contributed by atoms with Crippen LogP contribution in [-0.2, 0) is 25.5 Å². The quantitative estimate of drug-likeness (QED) is 0.433. The summed E-state index contributed by atoms with van der Waals surface area (Å²) < 4.78 is 5.25. The molecule has 0 heterocycles. The largest absolute Gasteiger partial charge is 0.480 e. The Hall–Kier alpha value is -3.10. The highest BCUT2D eigenvalue weighted by atomic mass is 16.6. The Morgan fingerprint density at radius 1 is 0.906 bits per heavy atom. The number of carbonyl (C=O) groups is 4. The third-order valence-electron chi connectivity index (χ3n) is 4.36. The molecule has 1 rings (SSSR count). The molecule has 4 N–H and O–H groups in total. The Balaban J connectivity index is 2.87. The maximum atomic E-state index is 12.9. The number of hydrogen-bond donors (Lipinski definition) is 4. The molecule has 3 atom stereocenters. The minimum atomic E-state index is -1.14. The molecule has 0 aromatic heterocycles. The van der Waals surface area contributed by atoms with Gasteiger partial charge in [0, 0.05) is 6.42 Å². The summed E-state index contributed by atoms with van der Waals surface area (Å²) >= 11 is 0. The summed E-state index contributed by atoms with van der Waals surface area (Å²) in [6.45, 7) is 10.3. The van der Waals surface area contributed by atoms with E-state index in [2.05, 4.69) is 16.0 Å². The van der Waals surface area contributed by atoms with E-state index in [4.69, 9.17) is 4.74 Å². The minimum absolute atomic E-state index is 0.0644. The molecule has 0 unspecified atom stereocenters. The van der Waals surface area contributed by atoms with Gasteiger partial charge in [0.05, 0.1) is 0 Å². The molecule has 0 saturated carbocycles. The minimum Gasteiger partial charge on any atom is -0.480 e. The number of hydrogen-bond acceptors (Lipinski definition) is 5. The van der Waals surface area contributed by atoms with Crippen LogP contribution in [0.4, 0.5) is 4.79 Å². The van der Waals surface area contributed by atoms with E-state index >= 15 is 0 Å². The van der Waals surface area contributed by atoms with Gasteiger partial charge in [-0.3, -0.25) is 9.59 Å². The first kappa shape index (κ1) is 26.9. The van der Waals surface area contributed by atoms with Crippen LogP contribution in [0.25, 0.3) is 0 Å². The number of benzene rings is 1. The van der Waals surface area contributed by atoms with Crippen molar-refractivity contribution in [2.75, 3.05) is 0 Å². The molecule has 0 spiro atoms. The number of nitrogens with one attached hydrogen (secondary N) is 3. The van der Waals surface area contributed by atoms with E-state index < -0.39 is 47.6 Å². The van der Waals surface area contributed by atoms with E-state index in [1.807, 2.05) is 44.2 Å². The SMILES string of the molecule is CC(C)C[C@H](NC(=O)[C@H](C)NC(=O)[C@H](Cc1ccccc1)NC(=O)OC(C)(C)C)C(=O)O.